The summed E-state index contributed by atoms with van der Waals surface area (Å²) in [4.78, 5) is 8.78. The van der Waals surface area contributed by atoms with E-state index in [1.54, 1.807) is 13.3 Å². The van der Waals surface area contributed by atoms with Gasteiger partial charge in [-0.3, -0.25) is 4.98 Å². The minimum atomic E-state index is 0.403. The third-order valence-electron chi connectivity index (χ3n) is 3.50. The molecule has 1 heterocycles. The van der Waals surface area contributed by atoms with Crippen LogP contribution < -0.4 is 5.32 Å². The van der Waals surface area contributed by atoms with Gasteiger partial charge in [-0.15, -0.1) is 0 Å². The Morgan fingerprint density at radius 1 is 1.41 bits per heavy atom. The van der Waals surface area contributed by atoms with E-state index in [1.165, 1.54) is 19.3 Å². The molecule has 0 bridgehead atoms. The Hall–Kier alpha value is -1.16. The number of hydrogen-bond donors (Lipinski definition) is 1. The molecule has 1 fully saturated rings. The Kier molecular flexibility index (Phi) is 3.94. The second kappa shape index (κ2) is 5.45. The standard InChI is InChI=1S/C13H21N3O/c1-9-7-14-10(2)13(16-9)15-8-11-5-4-6-12(11)17-3/h7,11-12H,4-6,8H2,1-3H3,(H,15,16). The fourth-order valence-corrected chi connectivity index (χ4v) is 2.48. The van der Waals surface area contributed by atoms with Gasteiger partial charge in [-0.1, -0.05) is 6.42 Å². The van der Waals surface area contributed by atoms with Crippen molar-refractivity contribution in [2.75, 3.05) is 19.0 Å². The first kappa shape index (κ1) is 12.3. The molecule has 1 aromatic heterocycles. The number of nitrogens with zero attached hydrogens (tertiary/aromatic N) is 2. The van der Waals surface area contributed by atoms with Gasteiger partial charge in [0.2, 0.25) is 0 Å². The topological polar surface area (TPSA) is 47.0 Å². The van der Waals surface area contributed by atoms with E-state index in [1.807, 2.05) is 13.8 Å². The van der Waals surface area contributed by atoms with E-state index >= 15 is 0 Å². The number of anilines is 1. The summed E-state index contributed by atoms with van der Waals surface area (Å²) in [6.45, 7) is 4.87. The van der Waals surface area contributed by atoms with Crippen molar-refractivity contribution >= 4 is 5.82 Å². The monoisotopic (exact) mass is 235 g/mol. The van der Waals surface area contributed by atoms with Crippen LogP contribution in [-0.4, -0.2) is 29.7 Å². The van der Waals surface area contributed by atoms with E-state index in [0.29, 0.717) is 12.0 Å². The molecule has 1 saturated carbocycles. The third kappa shape index (κ3) is 2.94. The average Bonchev–Trinajstić information content (AvgIpc) is 2.77. The maximum atomic E-state index is 5.49. The zero-order valence-electron chi connectivity index (χ0n) is 10.9. The highest BCUT2D eigenvalue weighted by Gasteiger charge is 2.26. The lowest BCUT2D eigenvalue weighted by Crippen LogP contribution is -2.24. The first-order valence-electron chi connectivity index (χ1n) is 6.27. The van der Waals surface area contributed by atoms with Crippen molar-refractivity contribution in [3.8, 4) is 0 Å². The fraction of sp³-hybridized carbons (Fsp3) is 0.692. The molecular formula is C13H21N3O. The minimum absolute atomic E-state index is 0.403. The van der Waals surface area contributed by atoms with Gasteiger partial charge in [0.25, 0.3) is 0 Å². The van der Waals surface area contributed by atoms with Gasteiger partial charge in [-0.25, -0.2) is 4.98 Å². The molecule has 0 radical (unpaired) electrons. The normalized spacial score (nSPS) is 23.9. The summed E-state index contributed by atoms with van der Waals surface area (Å²) in [5.74, 6) is 1.51. The van der Waals surface area contributed by atoms with Crippen LogP contribution in [0.1, 0.15) is 30.7 Å². The first-order valence-corrected chi connectivity index (χ1v) is 6.27. The van der Waals surface area contributed by atoms with Gasteiger partial charge in [0.1, 0.15) is 5.82 Å². The van der Waals surface area contributed by atoms with Crippen molar-refractivity contribution in [3.63, 3.8) is 0 Å². The zero-order chi connectivity index (χ0) is 12.3. The highest BCUT2D eigenvalue weighted by molar-refractivity contribution is 5.39. The van der Waals surface area contributed by atoms with Crippen LogP contribution >= 0.6 is 0 Å². The van der Waals surface area contributed by atoms with Gasteiger partial charge >= 0.3 is 0 Å². The van der Waals surface area contributed by atoms with Crippen LogP contribution in [-0.2, 0) is 4.74 Å². The molecule has 4 heteroatoms. The van der Waals surface area contributed by atoms with Crippen molar-refractivity contribution in [1.29, 1.82) is 0 Å². The van der Waals surface area contributed by atoms with Crippen molar-refractivity contribution in [3.05, 3.63) is 17.6 Å². The lowest BCUT2D eigenvalue weighted by atomic mass is 10.1. The average molecular weight is 235 g/mol. The van der Waals surface area contributed by atoms with E-state index in [0.717, 1.165) is 23.8 Å². The second-order valence-corrected chi connectivity index (χ2v) is 4.79. The van der Waals surface area contributed by atoms with Gasteiger partial charge in [0.15, 0.2) is 0 Å². The largest absolute Gasteiger partial charge is 0.381 e. The highest BCUT2D eigenvalue weighted by atomic mass is 16.5. The molecule has 0 amide bonds. The molecule has 17 heavy (non-hydrogen) atoms. The molecular weight excluding hydrogens is 214 g/mol. The molecule has 1 aliphatic rings. The van der Waals surface area contributed by atoms with E-state index in [-0.39, 0.29) is 0 Å². The number of nitrogens with one attached hydrogen (secondary N) is 1. The summed E-state index contributed by atoms with van der Waals surface area (Å²) in [5.41, 5.74) is 1.91. The summed E-state index contributed by atoms with van der Waals surface area (Å²) >= 11 is 0. The molecule has 1 aromatic rings. The minimum Gasteiger partial charge on any atom is -0.381 e. The number of aryl methyl sites for hydroxylation is 2. The maximum absolute atomic E-state index is 5.49. The third-order valence-corrected chi connectivity index (χ3v) is 3.50. The molecule has 94 valence electrons. The molecule has 0 spiro atoms. The number of methoxy groups -OCH3 is 1. The molecule has 2 rings (SSSR count). The Morgan fingerprint density at radius 3 is 3.00 bits per heavy atom. The lowest BCUT2D eigenvalue weighted by Gasteiger charge is -2.19. The predicted molar refractivity (Wildman–Crippen MR) is 68.1 cm³/mol. The van der Waals surface area contributed by atoms with E-state index in [2.05, 4.69) is 15.3 Å². The van der Waals surface area contributed by atoms with Crippen molar-refractivity contribution < 1.29 is 4.74 Å². The van der Waals surface area contributed by atoms with E-state index < -0.39 is 0 Å². The molecule has 2 atom stereocenters. The lowest BCUT2D eigenvalue weighted by molar-refractivity contribution is 0.0755. The van der Waals surface area contributed by atoms with Crippen LogP contribution in [0.3, 0.4) is 0 Å². The fourth-order valence-electron chi connectivity index (χ4n) is 2.48. The summed E-state index contributed by atoms with van der Waals surface area (Å²) in [6.07, 6.45) is 5.89. The molecule has 2 unspecified atom stereocenters. The van der Waals surface area contributed by atoms with Gasteiger partial charge in [0, 0.05) is 25.8 Å². The Labute approximate surface area is 103 Å². The van der Waals surface area contributed by atoms with Crippen LogP contribution in [0, 0.1) is 19.8 Å². The van der Waals surface area contributed by atoms with Crippen LogP contribution in [0.2, 0.25) is 0 Å². The predicted octanol–water partition coefficient (Wildman–Crippen LogP) is 2.32. The van der Waals surface area contributed by atoms with Gasteiger partial charge < -0.3 is 10.1 Å². The number of hydrogen-bond acceptors (Lipinski definition) is 4. The molecule has 0 aromatic carbocycles. The highest BCUT2D eigenvalue weighted by Crippen LogP contribution is 2.28. The molecule has 4 nitrogen and oxygen atoms in total. The SMILES string of the molecule is COC1CCCC1CNc1nc(C)cnc1C. The summed E-state index contributed by atoms with van der Waals surface area (Å²) in [5, 5.41) is 3.41. The summed E-state index contributed by atoms with van der Waals surface area (Å²) in [6, 6.07) is 0. The van der Waals surface area contributed by atoms with Crippen LogP contribution in [0.25, 0.3) is 0 Å². The van der Waals surface area contributed by atoms with E-state index in [4.69, 9.17) is 4.74 Å². The Morgan fingerprint density at radius 2 is 2.24 bits per heavy atom. The van der Waals surface area contributed by atoms with Crippen LogP contribution in [0.5, 0.6) is 0 Å². The molecule has 0 aliphatic heterocycles. The van der Waals surface area contributed by atoms with Crippen molar-refractivity contribution in [2.45, 2.75) is 39.2 Å². The maximum Gasteiger partial charge on any atom is 0.147 e. The number of ether oxygens (including phenoxy) is 1. The summed E-state index contributed by atoms with van der Waals surface area (Å²) < 4.78 is 5.49. The summed E-state index contributed by atoms with van der Waals surface area (Å²) in [7, 11) is 1.81. The van der Waals surface area contributed by atoms with Gasteiger partial charge in [-0.05, 0) is 26.7 Å². The van der Waals surface area contributed by atoms with Crippen molar-refractivity contribution in [1.82, 2.24) is 9.97 Å². The Balaban J connectivity index is 1.95. The smallest absolute Gasteiger partial charge is 0.147 e. The number of rotatable bonds is 4. The molecule has 0 saturated heterocycles. The van der Waals surface area contributed by atoms with Crippen molar-refractivity contribution in [2.24, 2.45) is 5.92 Å². The first-order chi connectivity index (χ1) is 8.20. The number of aromatic nitrogens is 2. The van der Waals surface area contributed by atoms with Gasteiger partial charge in [-0.2, -0.15) is 0 Å². The molecule has 1 N–H and O–H groups in total. The Bertz CT molecular complexity index is 381. The second-order valence-electron chi connectivity index (χ2n) is 4.79. The van der Waals surface area contributed by atoms with Crippen LogP contribution in [0.15, 0.2) is 6.20 Å². The van der Waals surface area contributed by atoms with Gasteiger partial charge in [0.05, 0.1) is 17.5 Å². The van der Waals surface area contributed by atoms with E-state index in [9.17, 15) is 0 Å². The quantitative estimate of drug-likeness (QED) is 0.870. The zero-order valence-corrected chi connectivity index (χ0v) is 10.9. The van der Waals surface area contributed by atoms with Crippen LogP contribution in [0.4, 0.5) is 5.82 Å². The molecule has 1 aliphatic carbocycles.